The molecule has 0 amide bonds. The van der Waals surface area contributed by atoms with Crippen molar-refractivity contribution in [3.63, 3.8) is 0 Å². The van der Waals surface area contributed by atoms with Crippen LogP contribution in [0.1, 0.15) is 13.8 Å². The molecule has 10 heavy (non-hydrogen) atoms. The molecule has 0 aliphatic rings. The smallest absolute Gasteiger partial charge is 0.104 e. The van der Waals surface area contributed by atoms with E-state index in [-0.39, 0.29) is 6.61 Å². The van der Waals surface area contributed by atoms with E-state index in [0.717, 1.165) is 6.54 Å². The second kappa shape index (κ2) is 6.60. The van der Waals surface area contributed by atoms with Crippen molar-refractivity contribution >= 4 is 0 Å². The Kier molecular flexibility index (Phi) is 6.25. The number of hydrogen-bond donors (Lipinski definition) is 2. The summed E-state index contributed by atoms with van der Waals surface area (Å²) in [5, 5.41) is 11.4. The molecule has 0 fully saturated rings. The zero-order valence-electron chi connectivity index (χ0n) is 6.65. The van der Waals surface area contributed by atoms with E-state index >= 15 is 0 Å². The summed E-state index contributed by atoms with van der Waals surface area (Å²) in [6.45, 7) is 5.92. The predicted octanol–water partition coefficient (Wildman–Crippen LogP) is 0.228. The fourth-order valence-corrected chi connectivity index (χ4v) is 0.542. The summed E-state index contributed by atoms with van der Waals surface area (Å²) in [7, 11) is 0. The highest BCUT2D eigenvalue weighted by Gasteiger charge is 1.88. The molecule has 0 saturated heterocycles. The molecule has 0 atom stereocenters. The van der Waals surface area contributed by atoms with Gasteiger partial charge in [-0.3, -0.25) is 0 Å². The molecule has 0 aliphatic heterocycles. The third kappa shape index (κ3) is 7.48. The van der Waals surface area contributed by atoms with E-state index in [0.29, 0.717) is 12.5 Å². The maximum absolute atomic E-state index is 8.27. The Balaban J connectivity index is 3.05. The Bertz CT molecular complexity index is 121. The molecule has 0 saturated carbocycles. The van der Waals surface area contributed by atoms with E-state index in [1.165, 1.54) is 0 Å². The number of aliphatic hydroxyl groups is 1. The molecule has 0 unspecified atom stereocenters. The van der Waals surface area contributed by atoms with Crippen LogP contribution in [0.5, 0.6) is 0 Å². The van der Waals surface area contributed by atoms with Crippen LogP contribution in [0.3, 0.4) is 0 Å². The van der Waals surface area contributed by atoms with E-state index in [4.69, 9.17) is 5.11 Å². The molecule has 2 N–H and O–H groups in total. The Morgan fingerprint density at radius 2 is 2.10 bits per heavy atom. The highest BCUT2D eigenvalue weighted by Crippen LogP contribution is 1.85. The molecule has 0 heterocycles. The molecular weight excluding hydrogens is 126 g/mol. The molecule has 0 rings (SSSR count). The largest absolute Gasteiger partial charge is 0.384 e. The average molecular weight is 141 g/mol. The number of rotatable bonds is 3. The fourth-order valence-electron chi connectivity index (χ4n) is 0.542. The highest BCUT2D eigenvalue weighted by atomic mass is 16.2. The lowest BCUT2D eigenvalue weighted by molar-refractivity contribution is 0.350. The lowest BCUT2D eigenvalue weighted by atomic mass is 10.2. The van der Waals surface area contributed by atoms with Gasteiger partial charge in [-0.1, -0.05) is 25.7 Å². The van der Waals surface area contributed by atoms with Crippen LogP contribution in [0.4, 0.5) is 0 Å². The van der Waals surface area contributed by atoms with Gasteiger partial charge in [-0.15, -0.1) is 0 Å². The van der Waals surface area contributed by atoms with Crippen LogP contribution in [-0.4, -0.2) is 24.8 Å². The minimum atomic E-state index is -0.0383. The first kappa shape index (κ1) is 9.48. The lowest BCUT2D eigenvalue weighted by Gasteiger charge is -2.01. The minimum absolute atomic E-state index is 0.0383. The van der Waals surface area contributed by atoms with E-state index in [2.05, 4.69) is 31.0 Å². The molecule has 2 heteroatoms. The van der Waals surface area contributed by atoms with Crippen LogP contribution in [-0.2, 0) is 0 Å². The van der Waals surface area contributed by atoms with Crippen molar-refractivity contribution < 1.29 is 5.11 Å². The average Bonchev–Trinajstić information content (AvgIpc) is 1.87. The van der Waals surface area contributed by atoms with Crippen LogP contribution in [0.15, 0.2) is 0 Å². The number of nitrogens with one attached hydrogen (secondary N) is 1. The van der Waals surface area contributed by atoms with E-state index in [1.54, 1.807) is 0 Å². The van der Waals surface area contributed by atoms with Gasteiger partial charge in [0.2, 0.25) is 0 Å². The highest BCUT2D eigenvalue weighted by molar-refractivity contribution is 5.00. The van der Waals surface area contributed by atoms with Gasteiger partial charge >= 0.3 is 0 Å². The lowest BCUT2D eigenvalue weighted by Crippen LogP contribution is -2.19. The van der Waals surface area contributed by atoms with Gasteiger partial charge in [0.1, 0.15) is 6.61 Å². The summed E-state index contributed by atoms with van der Waals surface area (Å²) in [6.07, 6.45) is 0. The molecule has 0 aromatic carbocycles. The van der Waals surface area contributed by atoms with Crippen LogP contribution in [0.25, 0.3) is 0 Å². The molecule has 58 valence electrons. The normalized spacial score (nSPS) is 9.20. The molecule has 0 bridgehead atoms. The predicted molar refractivity (Wildman–Crippen MR) is 42.6 cm³/mol. The monoisotopic (exact) mass is 141 g/mol. The summed E-state index contributed by atoms with van der Waals surface area (Å²) in [5.41, 5.74) is 0. The van der Waals surface area contributed by atoms with Crippen LogP contribution >= 0.6 is 0 Å². The standard InChI is InChI=1S/C8H15NO/c1-8(2)7-9-5-3-4-6-10/h8-10H,5-7H2,1-2H3. The third-order valence-corrected chi connectivity index (χ3v) is 0.970. The minimum Gasteiger partial charge on any atom is -0.384 e. The number of hydrogen-bond acceptors (Lipinski definition) is 2. The van der Waals surface area contributed by atoms with Crippen molar-refractivity contribution in [2.45, 2.75) is 13.8 Å². The summed E-state index contributed by atoms with van der Waals surface area (Å²) in [4.78, 5) is 0. The van der Waals surface area contributed by atoms with Crippen molar-refractivity contribution in [1.29, 1.82) is 0 Å². The van der Waals surface area contributed by atoms with Crippen LogP contribution < -0.4 is 5.32 Å². The van der Waals surface area contributed by atoms with Crippen molar-refractivity contribution in [3.8, 4) is 11.8 Å². The SMILES string of the molecule is CC(C)CNCC#CCO. The zero-order valence-corrected chi connectivity index (χ0v) is 6.65. The molecule has 0 radical (unpaired) electrons. The van der Waals surface area contributed by atoms with Gasteiger partial charge in [-0.05, 0) is 12.5 Å². The van der Waals surface area contributed by atoms with E-state index < -0.39 is 0 Å². The Hall–Kier alpha value is -0.520. The van der Waals surface area contributed by atoms with Gasteiger partial charge in [0.15, 0.2) is 0 Å². The third-order valence-electron chi connectivity index (χ3n) is 0.970. The Labute approximate surface area is 62.6 Å². The molecular formula is C8H15NO. The maximum Gasteiger partial charge on any atom is 0.104 e. The summed E-state index contributed by atoms with van der Waals surface area (Å²) in [6, 6.07) is 0. The second-order valence-corrected chi connectivity index (χ2v) is 2.54. The van der Waals surface area contributed by atoms with Crippen molar-refractivity contribution in [2.75, 3.05) is 19.7 Å². The molecule has 0 aromatic rings. The van der Waals surface area contributed by atoms with E-state index in [9.17, 15) is 0 Å². The second-order valence-electron chi connectivity index (χ2n) is 2.54. The molecule has 0 spiro atoms. The Morgan fingerprint density at radius 3 is 2.60 bits per heavy atom. The fraction of sp³-hybridized carbons (Fsp3) is 0.750. The van der Waals surface area contributed by atoms with Gasteiger partial charge in [-0.2, -0.15) is 0 Å². The molecule has 0 aliphatic carbocycles. The van der Waals surface area contributed by atoms with Crippen LogP contribution in [0.2, 0.25) is 0 Å². The van der Waals surface area contributed by atoms with Gasteiger partial charge < -0.3 is 10.4 Å². The van der Waals surface area contributed by atoms with Gasteiger partial charge in [0.05, 0.1) is 6.54 Å². The van der Waals surface area contributed by atoms with Crippen LogP contribution in [0, 0.1) is 17.8 Å². The van der Waals surface area contributed by atoms with Crippen molar-refractivity contribution in [2.24, 2.45) is 5.92 Å². The first-order chi connectivity index (χ1) is 4.77. The first-order valence-corrected chi connectivity index (χ1v) is 3.54. The van der Waals surface area contributed by atoms with Gasteiger partial charge in [0.25, 0.3) is 0 Å². The zero-order chi connectivity index (χ0) is 7.82. The molecule has 0 aromatic heterocycles. The molecule has 2 nitrogen and oxygen atoms in total. The van der Waals surface area contributed by atoms with Crippen molar-refractivity contribution in [3.05, 3.63) is 0 Å². The maximum atomic E-state index is 8.27. The van der Waals surface area contributed by atoms with E-state index in [1.807, 2.05) is 0 Å². The quantitative estimate of drug-likeness (QED) is 0.435. The van der Waals surface area contributed by atoms with Crippen molar-refractivity contribution in [1.82, 2.24) is 5.32 Å². The summed E-state index contributed by atoms with van der Waals surface area (Å²) in [5.74, 6) is 6.01. The summed E-state index contributed by atoms with van der Waals surface area (Å²) >= 11 is 0. The van der Waals surface area contributed by atoms with Gasteiger partial charge in [0, 0.05) is 0 Å². The number of aliphatic hydroxyl groups excluding tert-OH is 1. The first-order valence-electron chi connectivity index (χ1n) is 3.54. The Morgan fingerprint density at radius 1 is 1.40 bits per heavy atom. The van der Waals surface area contributed by atoms with Gasteiger partial charge in [-0.25, -0.2) is 0 Å². The topological polar surface area (TPSA) is 32.3 Å². The summed E-state index contributed by atoms with van der Waals surface area (Å²) < 4.78 is 0.